The third kappa shape index (κ3) is 2.32. The SMILES string of the molecule is COC(=O)C1CCCC(CC=O)N1C. The maximum Gasteiger partial charge on any atom is 0.323 e. The molecule has 0 saturated carbocycles. The average molecular weight is 199 g/mol. The fraction of sp³-hybridized carbons (Fsp3) is 0.800. The van der Waals surface area contributed by atoms with Crippen LogP contribution in [0.1, 0.15) is 25.7 Å². The van der Waals surface area contributed by atoms with Crippen LogP contribution in [0.5, 0.6) is 0 Å². The molecule has 1 rings (SSSR count). The number of carbonyl (C=O) groups excluding carboxylic acids is 2. The van der Waals surface area contributed by atoms with Crippen LogP contribution in [0.15, 0.2) is 0 Å². The van der Waals surface area contributed by atoms with Crippen LogP contribution in [-0.2, 0) is 14.3 Å². The van der Waals surface area contributed by atoms with Gasteiger partial charge in [-0.1, -0.05) is 0 Å². The molecule has 0 aromatic carbocycles. The number of methoxy groups -OCH3 is 1. The first-order chi connectivity index (χ1) is 6.70. The van der Waals surface area contributed by atoms with E-state index in [-0.39, 0.29) is 18.1 Å². The summed E-state index contributed by atoms with van der Waals surface area (Å²) in [4.78, 5) is 23.8. The van der Waals surface area contributed by atoms with E-state index in [9.17, 15) is 9.59 Å². The third-order valence-electron chi connectivity index (χ3n) is 2.92. The Kier molecular flexibility index (Phi) is 4.07. The number of piperidine rings is 1. The van der Waals surface area contributed by atoms with Crippen molar-refractivity contribution in [2.45, 2.75) is 37.8 Å². The van der Waals surface area contributed by atoms with Gasteiger partial charge in [0.2, 0.25) is 0 Å². The molecule has 0 spiro atoms. The van der Waals surface area contributed by atoms with Gasteiger partial charge in [0.05, 0.1) is 7.11 Å². The Morgan fingerprint density at radius 2 is 2.29 bits per heavy atom. The fourth-order valence-corrected chi connectivity index (χ4v) is 2.02. The number of rotatable bonds is 3. The van der Waals surface area contributed by atoms with Crippen LogP contribution in [0, 0.1) is 0 Å². The van der Waals surface area contributed by atoms with Gasteiger partial charge in [0.1, 0.15) is 12.3 Å². The quantitative estimate of drug-likeness (QED) is 0.493. The fourth-order valence-electron chi connectivity index (χ4n) is 2.02. The second kappa shape index (κ2) is 5.10. The van der Waals surface area contributed by atoms with E-state index in [1.54, 1.807) is 0 Å². The van der Waals surface area contributed by atoms with Crippen LogP contribution in [0.25, 0.3) is 0 Å². The van der Waals surface area contributed by atoms with Crippen molar-refractivity contribution in [2.24, 2.45) is 0 Å². The Bertz CT molecular complexity index is 217. The lowest BCUT2D eigenvalue weighted by Crippen LogP contribution is -2.48. The van der Waals surface area contributed by atoms with Gasteiger partial charge in [0.15, 0.2) is 0 Å². The number of esters is 1. The lowest BCUT2D eigenvalue weighted by molar-refractivity contribution is -0.149. The maximum absolute atomic E-state index is 11.4. The van der Waals surface area contributed by atoms with Crippen LogP contribution < -0.4 is 0 Å². The van der Waals surface area contributed by atoms with Crippen molar-refractivity contribution in [3.8, 4) is 0 Å². The highest BCUT2D eigenvalue weighted by Gasteiger charge is 2.32. The molecule has 2 atom stereocenters. The van der Waals surface area contributed by atoms with E-state index in [0.717, 1.165) is 25.5 Å². The zero-order valence-corrected chi connectivity index (χ0v) is 8.73. The van der Waals surface area contributed by atoms with E-state index in [0.29, 0.717) is 6.42 Å². The van der Waals surface area contributed by atoms with E-state index in [1.165, 1.54) is 7.11 Å². The summed E-state index contributed by atoms with van der Waals surface area (Å²) in [6.45, 7) is 0. The van der Waals surface area contributed by atoms with E-state index >= 15 is 0 Å². The molecule has 4 heteroatoms. The lowest BCUT2D eigenvalue weighted by Gasteiger charge is -2.37. The van der Waals surface area contributed by atoms with Crippen molar-refractivity contribution in [2.75, 3.05) is 14.2 Å². The summed E-state index contributed by atoms with van der Waals surface area (Å²) in [7, 11) is 3.29. The first-order valence-corrected chi connectivity index (χ1v) is 4.94. The standard InChI is InChI=1S/C10H17NO3/c1-11-8(6-7-12)4-3-5-9(11)10(13)14-2/h7-9H,3-6H2,1-2H3. The van der Waals surface area contributed by atoms with Gasteiger partial charge >= 0.3 is 5.97 Å². The molecule has 0 aliphatic carbocycles. The second-order valence-corrected chi connectivity index (χ2v) is 3.69. The molecular weight excluding hydrogens is 182 g/mol. The summed E-state index contributed by atoms with van der Waals surface area (Å²) in [5.74, 6) is -0.192. The lowest BCUT2D eigenvalue weighted by atomic mass is 9.95. The molecular formula is C10H17NO3. The molecule has 1 saturated heterocycles. The topological polar surface area (TPSA) is 46.6 Å². The van der Waals surface area contributed by atoms with Crippen molar-refractivity contribution in [3.63, 3.8) is 0 Å². The molecule has 1 aliphatic heterocycles. The van der Waals surface area contributed by atoms with Crippen molar-refractivity contribution in [3.05, 3.63) is 0 Å². The van der Waals surface area contributed by atoms with Crippen LogP contribution in [-0.4, -0.2) is 43.4 Å². The summed E-state index contributed by atoms with van der Waals surface area (Å²) >= 11 is 0. The summed E-state index contributed by atoms with van der Waals surface area (Å²) in [5.41, 5.74) is 0. The average Bonchev–Trinajstić information content (AvgIpc) is 2.20. The van der Waals surface area contributed by atoms with Crippen LogP contribution in [0.2, 0.25) is 0 Å². The Labute approximate surface area is 84.2 Å². The molecule has 0 bridgehead atoms. The number of carbonyl (C=O) groups is 2. The smallest absolute Gasteiger partial charge is 0.323 e. The number of nitrogens with zero attached hydrogens (tertiary/aromatic N) is 1. The minimum atomic E-state index is -0.192. The van der Waals surface area contributed by atoms with E-state index in [1.807, 2.05) is 11.9 Å². The molecule has 0 amide bonds. The Morgan fingerprint density at radius 3 is 2.86 bits per heavy atom. The van der Waals surface area contributed by atoms with Crippen LogP contribution in [0.3, 0.4) is 0 Å². The third-order valence-corrected chi connectivity index (χ3v) is 2.92. The number of aldehydes is 1. The van der Waals surface area contributed by atoms with Gasteiger partial charge < -0.3 is 9.53 Å². The van der Waals surface area contributed by atoms with Gasteiger partial charge in [-0.15, -0.1) is 0 Å². The molecule has 80 valence electrons. The molecule has 0 radical (unpaired) electrons. The maximum atomic E-state index is 11.4. The number of likely N-dealkylation sites (N-methyl/N-ethyl adjacent to an activating group) is 1. The van der Waals surface area contributed by atoms with Gasteiger partial charge in [0.25, 0.3) is 0 Å². The molecule has 1 fully saturated rings. The number of likely N-dealkylation sites (tertiary alicyclic amines) is 1. The number of hydrogen-bond acceptors (Lipinski definition) is 4. The Balaban J connectivity index is 2.60. The number of ether oxygens (including phenoxy) is 1. The Morgan fingerprint density at radius 1 is 1.57 bits per heavy atom. The zero-order chi connectivity index (χ0) is 10.6. The predicted molar refractivity (Wildman–Crippen MR) is 51.9 cm³/mol. The van der Waals surface area contributed by atoms with Gasteiger partial charge in [-0.2, -0.15) is 0 Å². The van der Waals surface area contributed by atoms with Crippen molar-refractivity contribution in [1.82, 2.24) is 4.90 Å². The minimum Gasteiger partial charge on any atom is -0.468 e. The minimum absolute atomic E-state index is 0.168. The van der Waals surface area contributed by atoms with Gasteiger partial charge in [-0.3, -0.25) is 9.69 Å². The van der Waals surface area contributed by atoms with Gasteiger partial charge in [-0.05, 0) is 26.3 Å². The molecule has 0 aromatic rings. The van der Waals surface area contributed by atoms with Crippen LogP contribution in [0.4, 0.5) is 0 Å². The predicted octanol–water partition coefficient (Wildman–Crippen LogP) is 0.601. The summed E-state index contributed by atoms with van der Waals surface area (Å²) < 4.78 is 4.72. The highest BCUT2D eigenvalue weighted by molar-refractivity contribution is 5.75. The summed E-state index contributed by atoms with van der Waals surface area (Å²) in [5, 5.41) is 0. The summed E-state index contributed by atoms with van der Waals surface area (Å²) in [6.07, 6.45) is 4.23. The highest BCUT2D eigenvalue weighted by atomic mass is 16.5. The molecule has 4 nitrogen and oxygen atoms in total. The van der Waals surface area contributed by atoms with Gasteiger partial charge in [0, 0.05) is 12.5 Å². The normalized spacial score (nSPS) is 28.4. The Hall–Kier alpha value is -0.900. The summed E-state index contributed by atoms with van der Waals surface area (Å²) in [6, 6.07) is 0.0315. The zero-order valence-electron chi connectivity index (χ0n) is 8.73. The first kappa shape index (κ1) is 11.2. The second-order valence-electron chi connectivity index (χ2n) is 3.69. The molecule has 0 aromatic heterocycles. The van der Waals surface area contributed by atoms with Crippen molar-refractivity contribution < 1.29 is 14.3 Å². The van der Waals surface area contributed by atoms with E-state index in [4.69, 9.17) is 4.74 Å². The van der Waals surface area contributed by atoms with Crippen LogP contribution >= 0.6 is 0 Å². The monoisotopic (exact) mass is 199 g/mol. The highest BCUT2D eigenvalue weighted by Crippen LogP contribution is 2.23. The van der Waals surface area contributed by atoms with Crippen molar-refractivity contribution >= 4 is 12.3 Å². The molecule has 0 N–H and O–H groups in total. The van der Waals surface area contributed by atoms with Crippen molar-refractivity contribution in [1.29, 1.82) is 0 Å². The first-order valence-electron chi connectivity index (χ1n) is 4.94. The molecule has 1 aliphatic rings. The number of hydrogen-bond donors (Lipinski definition) is 0. The molecule has 14 heavy (non-hydrogen) atoms. The van der Waals surface area contributed by atoms with E-state index < -0.39 is 0 Å². The van der Waals surface area contributed by atoms with Gasteiger partial charge in [-0.25, -0.2) is 0 Å². The molecule has 2 unspecified atom stereocenters. The largest absolute Gasteiger partial charge is 0.468 e. The molecule has 1 heterocycles. The van der Waals surface area contributed by atoms with E-state index in [2.05, 4.69) is 0 Å².